The van der Waals surface area contributed by atoms with Crippen LogP contribution in [0.3, 0.4) is 0 Å². The normalized spacial score (nSPS) is 57.1. The molecule has 0 bridgehead atoms. The van der Waals surface area contributed by atoms with Gasteiger partial charge in [-0.05, 0) is 105 Å². The first-order valence-corrected chi connectivity index (χ1v) is 17.3. The van der Waals surface area contributed by atoms with Gasteiger partial charge in [0.25, 0.3) is 0 Å². The first-order chi connectivity index (χ1) is 20.3. The molecule has 6 rings (SSSR count). The summed E-state index contributed by atoms with van der Waals surface area (Å²) in [5, 5.41) is 52.3. The molecule has 2 aliphatic heterocycles. The van der Waals surface area contributed by atoms with Crippen molar-refractivity contribution in [2.24, 2.45) is 46.3 Å². The average Bonchev–Trinajstić information content (AvgIpc) is 3.26. The number of ether oxygens (including phenoxy) is 4. The molecule has 17 atom stereocenters. The lowest BCUT2D eigenvalue weighted by molar-refractivity contribution is -0.327. The fourth-order valence-corrected chi connectivity index (χ4v) is 11.1. The third kappa shape index (κ3) is 5.54. The van der Waals surface area contributed by atoms with Gasteiger partial charge in [0, 0.05) is 6.42 Å². The van der Waals surface area contributed by atoms with Crippen LogP contribution in [0.15, 0.2) is 0 Å². The van der Waals surface area contributed by atoms with Crippen molar-refractivity contribution in [1.82, 2.24) is 0 Å². The highest BCUT2D eigenvalue weighted by Gasteiger charge is 2.65. The maximum absolute atomic E-state index is 10.9. The lowest BCUT2D eigenvalue weighted by Gasteiger charge is -2.63. The molecule has 4 saturated carbocycles. The van der Waals surface area contributed by atoms with Crippen molar-refractivity contribution in [2.45, 2.75) is 154 Å². The minimum absolute atomic E-state index is 0.0302. The average molecular weight is 611 g/mol. The highest BCUT2D eigenvalue weighted by atomic mass is 16.7. The van der Waals surface area contributed by atoms with Crippen LogP contribution in [0.4, 0.5) is 0 Å². The summed E-state index contributed by atoms with van der Waals surface area (Å²) < 4.78 is 25.7. The Morgan fingerprint density at radius 3 is 2.21 bits per heavy atom. The molecule has 4 aliphatic carbocycles. The maximum atomic E-state index is 10.9. The molecule has 0 radical (unpaired) electrons. The van der Waals surface area contributed by atoms with Gasteiger partial charge in [0.1, 0.15) is 24.4 Å². The number of rotatable bonds is 6. The minimum Gasteiger partial charge on any atom is -0.394 e. The molecule has 0 aromatic heterocycles. The fourth-order valence-electron chi connectivity index (χ4n) is 11.1. The number of fused-ring (bicyclic) bond motifs is 5. The Hall–Kier alpha value is -0.360. The van der Waals surface area contributed by atoms with Crippen LogP contribution in [0.25, 0.3) is 0 Å². The quantitative estimate of drug-likeness (QED) is 0.287. The molecule has 0 aromatic carbocycles. The molecule has 2 saturated heterocycles. The molecule has 9 nitrogen and oxygen atoms in total. The van der Waals surface area contributed by atoms with Crippen LogP contribution in [0.1, 0.15) is 98.8 Å². The van der Waals surface area contributed by atoms with E-state index in [9.17, 15) is 25.5 Å². The van der Waals surface area contributed by atoms with Crippen LogP contribution in [0, 0.1) is 46.3 Å². The summed E-state index contributed by atoms with van der Waals surface area (Å²) in [5.74, 6) is 1.92. The van der Waals surface area contributed by atoms with E-state index in [1.807, 2.05) is 0 Å². The van der Waals surface area contributed by atoms with Crippen LogP contribution >= 0.6 is 0 Å². The van der Waals surface area contributed by atoms with E-state index >= 15 is 0 Å². The largest absolute Gasteiger partial charge is 0.394 e. The van der Waals surface area contributed by atoms with Gasteiger partial charge in [-0.15, -0.1) is 0 Å². The Labute approximate surface area is 257 Å². The van der Waals surface area contributed by atoms with Crippen LogP contribution < -0.4 is 0 Å². The Balaban J connectivity index is 1.28. The summed E-state index contributed by atoms with van der Waals surface area (Å²) in [4.78, 5) is 0. The summed E-state index contributed by atoms with van der Waals surface area (Å²) in [7, 11) is 0. The molecule has 9 heteroatoms. The van der Waals surface area contributed by atoms with Crippen LogP contribution in [0.5, 0.6) is 0 Å². The molecular weight excluding hydrogens is 552 g/mol. The summed E-state index contributed by atoms with van der Waals surface area (Å²) in [6.07, 6.45) is 2.55. The molecule has 2 unspecified atom stereocenters. The first kappa shape index (κ1) is 32.6. The van der Waals surface area contributed by atoms with Gasteiger partial charge < -0.3 is 44.5 Å². The predicted octanol–water partition coefficient (Wildman–Crippen LogP) is 3.37. The topological polar surface area (TPSA) is 138 Å². The zero-order valence-electron chi connectivity index (χ0n) is 26.9. The second-order valence-corrected chi connectivity index (χ2v) is 16.1. The SMILES string of the molecule is CC[C@H]1[C@@H](O[C@@]2(C)CC[C@@H](C)CO2)C[C@H]2[C@@H]3C[C@H](O[C@@H]4OC(CO)[C@@H](O)[C@H](O)C4O)[C@H]4C[C@@H](O)CC[C@]4(C)[C@H]3CC[C@@]21C. The molecule has 5 N–H and O–H groups in total. The van der Waals surface area contributed by atoms with Gasteiger partial charge in [0.15, 0.2) is 12.1 Å². The van der Waals surface area contributed by atoms with Gasteiger partial charge in [-0.2, -0.15) is 0 Å². The zero-order valence-corrected chi connectivity index (χ0v) is 26.9. The van der Waals surface area contributed by atoms with Crippen molar-refractivity contribution < 1.29 is 44.5 Å². The zero-order chi connectivity index (χ0) is 30.9. The third-order valence-corrected chi connectivity index (χ3v) is 13.6. The molecule has 6 fully saturated rings. The molecular formula is C34H58O9. The monoisotopic (exact) mass is 610 g/mol. The van der Waals surface area contributed by atoms with Crippen molar-refractivity contribution in [3.63, 3.8) is 0 Å². The van der Waals surface area contributed by atoms with Crippen molar-refractivity contribution in [1.29, 1.82) is 0 Å². The van der Waals surface area contributed by atoms with E-state index in [1.165, 1.54) is 6.42 Å². The fraction of sp³-hybridized carbons (Fsp3) is 1.00. The Bertz CT molecular complexity index is 970. The van der Waals surface area contributed by atoms with Crippen molar-refractivity contribution in [3.05, 3.63) is 0 Å². The smallest absolute Gasteiger partial charge is 0.186 e. The highest BCUT2D eigenvalue weighted by Crippen LogP contribution is 2.68. The van der Waals surface area contributed by atoms with E-state index in [0.29, 0.717) is 36.0 Å². The molecule has 2 heterocycles. The molecule has 6 aliphatic rings. The standard InChI is InChI=1S/C34H58O9/c1-6-21-26(43-34(5)12-7-18(2)17-40-34)15-23-20-14-25(41-31-30(39)29(38)28(37)27(16-35)42-31)24-13-19(36)8-10-33(24,4)22(20)9-11-32(21,23)3/h18-31,35-39H,6-17H2,1-5H3/t18-,19+,20-,21+,22+,23+,24-,25+,26+,27?,28-,29+,30?,31-,32-,33-,34+/m1/s1. The number of aliphatic hydroxyl groups is 5. The van der Waals surface area contributed by atoms with Gasteiger partial charge in [-0.1, -0.05) is 34.1 Å². The molecule has 0 amide bonds. The predicted molar refractivity (Wildman–Crippen MR) is 159 cm³/mol. The minimum atomic E-state index is -1.47. The second-order valence-electron chi connectivity index (χ2n) is 16.1. The van der Waals surface area contributed by atoms with Gasteiger partial charge in [0.05, 0.1) is 31.5 Å². The van der Waals surface area contributed by atoms with Gasteiger partial charge >= 0.3 is 0 Å². The van der Waals surface area contributed by atoms with Gasteiger partial charge in [-0.3, -0.25) is 0 Å². The summed E-state index contributed by atoms with van der Waals surface area (Å²) in [6.45, 7) is 11.8. The molecule has 0 spiro atoms. The van der Waals surface area contributed by atoms with E-state index in [-0.39, 0.29) is 29.0 Å². The summed E-state index contributed by atoms with van der Waals surface area (Å²) in [5.41, 5.74) is 0.113. The van der Waals surface area contributed by atoms with Crippen LogP contribution in [0.2, 0.25) is 0 Å². The Morgan fingerprint density at radius 2 is 1.53 bits per heavy atom. The highest BCUT2D eigenvalue weighted by molar-refractivity contribution is 5.13. The van der Waals surface area contributed by atoms with E-state index in [2.05, 4.69) is 34.6 Å². The van der Waals surface area contributed by atoms with Crippen molar-refractivity contribution >= 4 is 0 Å². The lowest BCUT2D eigenvalue weighted by Crippen LogP contribution is -2.62. The number of hydrogen-bond acceptors (Lipinski definition) is 9. The van der Waals surface area contributed by atoms with E-state index < -0.39 is 49.2 Å². The van der Waals surface area contributed by atoms with Gasteiger partial charge in [-0.25, -0.2) is 0 Å². The van der Waals surface area contributed by atoms with E-state index in [4.69, 9.17) is 18.9 Å². The third-order valence-electron chi connectivity index (χ3n) is 13.6. The molecule has 43 heavy (non-hydrogen) atoms. The van der Waals surface area contributed by atoms with Gasteiger partial charge in [0.2, 0.25) is 0 Å². The summed E-state index contributed by atoms with van der Waals surface area (Å²) in [6, 6.07) is 0. The Kier molecular flexibility index (Phi) is 9.11. The Morgan fingerprint density at radius 1 is 0.791 bits per heavy atom. The lowest BCUT2D eigenvalue weighted by atomic mass is 9.44. The second kappa shape index (κ2) is 12.0. The van der Waals surface area contributed by atoms with Crippen molar-refractivity contribution in [3.8, 4) is 0 Å². The maximum Gasteiger partial charge on any atom is 0.186 e. The molecule has 0 aromatic rings. The number of hydrogen-bond donors (Lipinski definition) is 5. The first-order valence-electron chi connectivity index (χ1n) is 17.3. The number of aliphatic hydroxyl groups excluding tert-OH is 5. The van der Waals surface area contributed by atoms with Crippen LogP contribution in [-0.4, -0.2) is 93.6 Å². The van der Waals surface area contributed by atoms with Crippen LogP contribution in [-0.2, 0) is 18.9 Å². The molecule has 248 valence electrons. The summed E-state index contributed by atoms with van der Waals surface area (Å²) >= 11 is 0. The van der Waals surface area contributed by atoms with Crippen molar-refractivity contribution in [2.75, 3.05) is 13.2 Å². The van der Waals surface area contributed by atoms with E-state index in [0.717, 1.165) is 58.0 Å². The van der Waals surface area contributed by atoms with E-state index in [1.54, 1.807) is 0 Å².